The number of rotatable bonds is 2. The van der Waals surface area contributed by atoms with Crippen LogP contribution in [0.25, 0.3) is 0 Å². The summed E-state index contributed by atoms with van der Waals surface area (Å²) in [7, 11) is 1.83. The Morgan fingerprint density at radius 2 is 2.05 bits per heavy atom. The molecular formula is C13H21N5O. The summed E-state index contributed by atoms with van der Waals surface area (Å²) in [6.45, 7) is 7.29. The molecule has 6 heteroatoms. The monoisotopic (exact) mass is 263 g/mol. The molecule has 2 N–H and O–H groups in total. The van der Waals surface area contributed by atoms with Crippen LogP contribution in [-0.4, -0.2) is 46.5 Å². The Labute approximate surface area is 113 Å². The minimum atomic E-state index is -0.613. The Bertz CT molecular complexity index is 500. The molecule has 0 spiro atoms. The molecule has 1 saturated heterocycles. The van der Waals surface area contributed by atoms with E-state index in [1.807, 2.05) is 32.7 Å². The summed E-state index contributed by atoms with van der Waals surface area (Å²) in [5, 5.41) is 0. The summed E-state index contributed by atoms with van der Waals surface area (Å²) in [5.41, 5.74) is 6.21. The second-order valence-corrected chi connectivity index (χ2v) is 5.35. The number of likely N-dealkylation sites (N-methyl/N-ethyl adjacent to an activating group) is 1. The Kier molecular flexibility index (Phi) is 3.34. The van der Waals surface area contributed by atoms with Crippen LogP contribution in [0, 0.1) is 0 Å². The van der Waals surface area contributed by atoms with E-state index in [1.54, 1.807) is 4.90 Å². The van der Waals surface area contributed by atoms with Crippen LogP contribution in [0.5, 0.6) is 0 Å². The average Bonchev–Trinajstić information content (AvgIpc) is 2.36. The topological polar surface area (TPSA) is 75.3 Å². The maximum absolute atomic E-state index is 12.3. The van der Waals surface area contributed by atoms with Crippen LogP contribution in [-0.2, 0) is 11.2 Å². The maximum Gasteiger partial charge on any atom is 0.247 e. The summed E-state index contributed by atoms with van der Waals surface area (Å²) in [4.78, 5) is 24.5. The van der Waals surface area contributed by atoms with E-state index < -0.39 is 5.54 Å². The van der Waals surface area contributed by atoms with Crippen molar-refractivity contribution in [1.82, 2.24) is 14.9 Å². The first kappa shape index (κ1) is 13.6. The van der Waals surface area contributed by atoms with Gasteiger partial charge in [0.05, 0.1) is 0 Å². The smallest absolute Gasteiger partial charge is 0.247 e. The van der Waals surface area contributed by atoms with Gasteiger partial charge in [-0.2, -0.15) is 0 Å². The first-order chi connectivity index (χ1) is 8.89. The minimum Gasteiger partial charge on any atom is -0.383 e. The third kappa shape index (κ3) is 2.11. The van der Waals surface area contributed by atoms with Gasteiger partial charge in [0.25, 0.3) is 0 Å². The number of carbonyl (C=O) groups excluding carboxylic acids is 1. The number of nitrogens with two attached hydrogens (primary N) is 1. The zero-order chi connectivity index (χ0) is 14.2. The number of nitrogen functional groups attached to an aromatic ring is 1. The zero-order valence-electron chi connectivity index (χ0n) is 12.0. The Balaban J connectivity index is 2.47. The molecule has 1 fully saturated rings. The predicted molar refractivity (Wildman–Crippen MR) is 74.9 cm³/mol. The molecule has 0 bridgehead atoms. The predicted octanol–water partition coefficient (Wildman–Crippen LogP) is 0.678. The van der Waals surface area contributed by atoms with E-state index in [4.69, 9.17) is 5.73 Å². The van der Waals surface area contributed by atoms with Crippen molar-refractivity contribution in [2.24, 2.45) is 0 Å². The van der Waals surface area contributed by atoms with Gasteiger partial charge in [-0.3, -0.25) is 4.79 Å². The van der Waals surface area contributed by atoms with E-state index in [9.17, 15) is 4.79 Å². The molecule has 1 aromatic heterocycles. The summed E-state index contributed by atoms with van der Waals surface area (Å²) < 4.78 is 0. The quantitative estimate of drug-likeness (QED) is 0.849. The van der Waals surface area contributed by atoms with Crippen molar-refractivity contribution in [3.8, 4) is 0 Å². The van der Waals surface area contributed by atoms with Gasteiger partial charge >= 0.3 is 0 Å². The lowest BCUT2D eigenvalue weighted by Crippen LogP contribution is -2.62. The largest absolute Gasteiger partial charge is 0.383 e. The first-order valence-corrected chi connectivity index (χ1v) is 6.52. The van der Waals surface area contributed by atoms with Gasteiger partial charge in [0.1, 0.15) is 23.5 Å². The van der Waals surface area contributed by atoms with Crippen molar-refractivity contribution in [1.29, 1.82) is 0 Å². The number of hydrogen-bond acceptors (Lipinski definition) is 5. The van der Waals surface area contributed by atoms with Crippen LogP contribution in [0.1, 0.15) is 26.3 Å². The molecule has 0 radical (unpaired) electrons. The molecule has 2 heterocycles. The molecule has 0 unspecified atom stereocenters. The summed E-state index contributed by atoms with van der Waals surface area (Å²) in [5.74, 6) is 1.37. The van der Waals surface area contributed by atoms with Crippen molar-refractivity contribution in [2.75, 3.05) is 30.8 Å². The average molecular weight is 263 g/mol. The fourth-order valence-electron chi connectivity index (χ4n) is 2.57. The number of amides is 1. The number of aromatic nitrogens is 2. The van der Waals surface area contributed by atoms with Crippen molar-refractivity contribution >= 4 is 17.5 Å². The minimum absolute atomic E-state index is 0.0954. The van der Waals surface area contributed by atoms with Gasteiger partial charge < -0.3 is 15.5 Å². The lowest BCUT2D eigenvalue weighted by atomic mass is 9.97. The highest BCUT2D eigenvalue weighted by Crippen LogP contribution is 2.31. The van der Waals surface area contributed by atoms with Gasteiger partial charge in [0.15, 0.2) is 0 Å². The number of piperazine rings is 1. The van der Waals surface area contributed by atoms with Crippen LogP contribution in [0.4, 0.5) is 11.6 Å². The molecule has 104 valence electrons. The number of carbonyl (C=O) groups is 1. The lowest BCUT2D eigenvalue weighted by Gasteiger charge is -2.46. The van der Waals surface area contributed by atoms with Crippen LogP contribution in [0.3, 0.4) is 0 Å². The highest BCUT2D eigenvalue weighted by molar-refractivity contribution is 5.90. The molecule has 1 amide bonds. The molecule has 1 aromatic rings. The molecule has 2 rings (SSSR count). The molecule has 1 aliphatic heterocycles. The Morgan fingerprint density at radius 1 is 1.37 bits per heavy atom. The van der Waals surface area contributed by atoms with Crippen molar-refractivity contribution < 1.29 is 4.79 Å². The normalized spacial score (nSPS) is 18.8. The fraction of sp³-hybridized carbons (Fsp3) is 0.615. The third-order valence-corrected chi connectivity index (χ3v) is 3.77. The third-order valence-electron chi connectivity index (χ3n) is 3.77. The van der Waals surface area contributed by atoms with E-state index in [1.165, 1.54) is 6.33 Å². The molecule has 0 saturated carbocycles. The number of anilines is 2. The van der Waals surface area contributed by atoms with E-state index in [-0.39, 0.29) is 5.91 Å². The molecule has 19 heavy (non-hydrogen) atoms. The molecule has 0 aliphatic carbocycles. The first-order valence-electron chi connectivity index (χ1n) is 6.52. The van der Waals surface area contributed by atoms with Gasteiger partial charge in [-0.1, -0.05) is 6.92 Å². The van der Waals surface area contributed by atoms with Gasteiger partial charge in [-0.05, 0) is 20.3 Å². The van der Waals surface area contributed by atoms with Crippen molar-refractivity contribution in [3.63, 3.8) is 0 Å². The fourth-order valence-corrected chi connectivity index (χ4v) is 2.57. The van der Waals surface area contributed by atoms with E-state index in [0.29, 0.717) is 12.4 Å². The molecule has 0 atom stereocenters. The van der Waals surface area contributed by atoms with Crippen molar-refractivity contribution in [3.05, 3.63) is 11.9 Å². The zero-order valence-corrected chi connectivity index (χ0v) is 12.0. The highest BCUT2D eigenvalue weighted by Gasteiger charge is 2.41. The summed E-state index contributed by atoms with van der Waals surface area (Å²) in [6.07, 6.45) is 2.21. The standard InChI is InChI=1S/C13H21N5O/c1-5-9-10(14)15-8-16-11(9)18-7-6-17(4)12(19)13(18,2)3/h8H,5-7H2,1-4H3,(H2,14,15,16). The van der Waals surface area contributed by atoms with Gasteiger partial charge in [0.2, 0.25) is 5.91 Å². The molecule has 1 aliphatic rings. The Morgan fingerprint density at radius 3 is 2.68 bits per heavy atom. The van der Waals surface area contributed by atoms with Crippen LogP contribution >= 0.6 is 0 Å². The van der Waals surface area contributed by atoms with E-state index >= 15 is 0 Å². The molecule has 6 nitrogen and oxygen atoms in total. The van der Waals surface area contributed by atoms with Gasteiger partial charge in [-0.25, -0.2) is 9.97 Å². The Hall–Kier alpha value is -1.85. The summed E-state index contributed by atoms with van der Waals surface area (Å²) >= 11 is 0. The maximum atomic E-state index is 12.3. The van der Waals surface area contributed by atoms with E-state index in [2.05, 4.69) is 9.97 Å². The molecular weight excluding hydrogens is 242 g/mol. The number of nitrogens with zero attached hydrogens (tertiary/aromatic N) is 4. The second-order valence-electron chi connectivity index (χ2n) is 5.35. The second kappa shape index (κ2) is 4.68. The van der Waals surface area contributed by atoms with E-state index in [0.717, 1.165) is 24.3 Å². The molecule has 0 aromatic carbocycles. The highest BCUT2D eigenvalue weighted by atomic mass is 16.2. The van der Waals surface area contributed by atoms with Gasteiger partial charge in [0, 0.05) is 25.7 Å². The van der Waals surface area contributed by atoms with Gasteiger partial charge in [-0.15, -0.1) is 0 Å². The van der Waals surface area contributed by atoms with Crippen LogP contribution in [0.15, 0.2) is 6.33 Å². The SMILES string of the molecule is CCc1c(N)ncnc1N1CCN(C)C(=O)C1(C)C. The lowest BCUT2D eigenvalue weighted by molar-refractivity contribution is -0.136. The van der Waals surface area contributed by atoms with Crippen LogP contribution < -0.4 is 10.6 Å². The summed E-state index contributed by atoms with van der Waals surface area (Å²) in [6, 6.07) is 0. The van der Waals surface area contributed by atoms with Crippen LogP contribution in [0.2, 0.25) is 0 Å². The van der Waals surface area contributed by atoms with Crippen molar-refractivity contribution in [2.45, 2.75) is 32.7 Å². The number of hydrogen-bond donors (Lipinski definition) is 1.